The molecule has 1 aromatic rings. The first kappa shape index (κ1) is 7.17. The van der Waals surface area contributed by atoms with Gasteiger partial charge >= 0.3 is 0 Å². The van der Waals surface area contributed by atoms with Crippen molar-refractivity contribution >= 4 is 11.8 Å². The van der Waals surface area contributed by atoms with Crippen LogP contribution in [0, 0.1) is 13.8 Å². The van der Waals surface area contributed by atoms with Crippen LogP contribution in [0.2, 0.25) is 0 Å². The fraction of sp³-hybridized carbons (Fsp3) is 0.444. The van der Waals surface area contributed by atoms with Gasteiger partial charge in [0.25, 0.3) is 0 Å². The van der Waals surface area contributed by atoms with Crippen LogP contribution in [0.4, 0.5) is 0 Å². The molecule has 0 aromatic carbocycles. The third-order valence-electron chi connectivity index (χ3n) is 1.94. The van der Waals surface area contributed by atoms with E-state index >= 15 is 0 Å². The number of thioether (sulfide) groups is 1. The van der Waals surface area contributed by atoms with Crippen molar-refractivity contribution < 1.29 is 0 Å². The van der Waals surface area contributed by atoms with E-state index in [1.807, 2.05) is 11.8 Å². The Morgan fingerprint density at radius 1 is 1.45 bits per heavy atom. The van der Waals surface area contributed by atoms with Crippen LogP contribution >= 0.6 is 11.8 Å². The van der Waals surface area contributed by atoms with E-state index in [0.717, 1.165) is 12.1 Å². The monoisotopic (exact) mass is 165 g/mol. The third kappa shape index (κ3) is 1.16. The molecule has 0 spiro atoms. The Hall–Kier alpha value is -0.500. The molecule has 0 N–H and O–H groups in total. The summed E-state index contributed by atoms with van der Waals surface area (Å²) in [5, 5.41) is 0. The highest BCUT2D eigenvalue weighted by Crippen LogP contribution is 2.32. The number of fused-ring (bicyclic) bond motifs is 1. The number of aromatic nitrogens is 1. The topological polar surface area (TPSA) is 12.9 Å². The maximum atomic E-state index is 4.49. The second-order valence-electron chi connectivity index (χ2n) is 2.95. The van der Waals surface area contributed by atoms with Gasteiger partial charge in [0.15, 0.2) is 0 Å². The normalized spacial score (nSPS) is 15.1. The number of aryl methyl sites for hydroxylation is 3. The van der Waals surface area contributed by atoms with E-state index in [1.165, 1.54) is 21.9 Å². The van der Waals surface area contributed by atoms with Gasteiger partial charge in [0.05, 0.1) is 5.69 Å². The SMILES string of the molecule is Cc1cc(C)c2c(n1)CCS2. The summed E-state index contributed by atoms with van der Waals surface area (Å²) in [6.07, 6.45) is 1.16. The molecular weight excluding hydrogens is 154 g/mol. The van der Waals surface area contributed by atoms with Crippen molar-refractivity contribution in [3.8, 4) is 0 Å². The fourth-order valence-electron chi connectivity index (χ4n) is 1.52. The van der Waals surface area contributed by atoms with Gasteiger partial charge in [-0.2, -0.15) is 0 Å². The lowest BCUT2D eigenvalue weighted by molar-refractivity contribution is 0.976. The van der Waals surface area contributed by atoms with Gasteiger partial charge < -0.3 is 0 Å². The molecule has 0 radical (unpaired) electrons. The third-order valence-corrected chi connectivity index (χ3v) is 3.20. The van der Waals surface area contributed by atoms with E-state index in [9.17, 15) is 0 Å². The van der Waals surface area contributed by atoms with Crippen LogP contribution in [0.5, 0.6) is 0 Å². The first-order chi connectivity index (χ1) is 5.27. The molecule has 2 heterocycles. The Kier molecular flexibility index (Phi) is 1.64. The predicted molar refractivity (Wildman–Crippen MR) is 48.1 cm³/mol. The average Bonchev–Trinajstić information content (AvgIpc) is 2.34. The maximum absolute atomic E-state index is 4.49. The van der Waals surface area contributed by atoms with Crippen LogP contribution in [-0.4, -0.2) is 10.7 Å². The molecule has 2 rings (SSSR count). The number of hydrogen-bond donors (Lipinski definition) is 0. The Bertz CT molecular complexity index is 294. The molecule has 0 saturated carbocycles. The molecule has 0 amide bonds. The van der Waals surface area contributed by atoms with E-state index in [4.69, 9.17) is 0 Å². The summed E-state index contributed by atoms with van der Waals surface area (Å²) in [4.78, 5) is 5.92. The molecule has 0 fully saturated rings. The molecular formula is C9H11NS. The first-order valence-electron chi connectivity index (χ1n) is 3.87. The van der Waals surface area contributed by atoms with Gasteiger partial charge in [-0.1, -0.05) is 0 Å². The van der Waals surface area contributed by atoms with E-state index in [2.05, 4.69) is 24.9 Å². The van der Waals surface area contributed by atoms with Gasteiger partial charge in [-0.15, -0.1) is 11.8 Å². The van der Waals surface area contributed by atoms with Gasteiger partial charge in [-0.05, 0) is 25.5 Å². The van der Waals surface area contributed by atoms with Crippen molar-refractivity contribution in [2.75, 3.05) is 5.75 Å². The molecule has 1 aliphatic heterocycles. The largest absolute Gasteiger partial charge is 0.257 e. The van der Waals surface area contributed by atoms with Gasteiger partial charge in [-0.25, -0.2) is 0 Å². The van der Waals surface area contributed by atoms with Gasteiger partial charge in [0, 0.05) is 22.8 Å². The van der Waals surface area contributed by atoms with Gasteiger partial charge in [0.2, 0.25) is 0 Å². The van der Waals surface area contributed by atoms with Crippen LogP contribution in [0.3, 0.4) is 0 Å². The Morgan fingerprint density at radius 2 is 2.27 bits per heavy atom. The molecule has 1 aliphatic rings. The van der Waals surface area contributed by atoms with Crippen LogP contribution in [-0.2, 0) is 6.42 Å². The minimum absolute atomic E-state index is 1.16. The van der Waals surface area contributed by atoms with Crippen LogP contribution in [0.25, 0.3) is 0 Å². The highest BCUT2D eigenvalue weighted by atomic mass is 32.2. The van der Waals surface area contributed by atoms with E-state index in [-0.39, 0.29) is 0 Å². The summed E-state index contributed by atoms with van der Waals surface area (Å²) in [6.45, 7) is 4.24. The highest BCUT2D eigenvalue weighted by molar-refractivity contribution is 7.99. The molecule has 0 aliphatic carbocycles. The Labute approximate surface area is 71.2 Å². The number of nitrogens with zero attached hydrogens (tertiary/aromatic N) is 1. The minimum atomic E-state index is 1.16. The summed E-state index contributed by atoms with van der Waals surface area (Å²) in [5.41, 5.74) is 3.87. The van der Waals surface area contributed by atoms with E-state index in [0.29, 0.717) is 0 Å². The maximum Gasteiger partial charge on any atom is 0.0553 e. The number of rotatable bonds is 0. The molecule has 0 atom stereocenters. The fourth-order valence-corrected chi connectivity index (χ4v) is 2.62. The zero-order chi connectivity index (χ0) is 7.84. The van der Waals surface area contributed by atoms with Crippen LogP contribution in [0.15, 0.2) is 11.0 Å². The summed E-state index contributed by atoms with van der Waals surface area (Å²) in [6, 6.07) is 2.16. The van der Waals surface area contributed by atoms with Crippen LogP contribution < -0.4 is 0 Å². The molecule has 58 valence electrons. The van der Waals surface area contributed by atoms with Crippen LogP contribution in [0.1, 0.15) is 17.0 Å². The zero-order valence-electron chi connectivity index (χ0n) is 6.85. The summed E-state index contributed by atoms with van der Waals surface area (Å²) in [7, 11) is 0. The van der Waals surface area contributed by atoms with Gasteiger partial charge in [0.1, 0.15) is 0 Å². The number of pyridine rings is 1. The van der Waals surface area contributed by atoms with Crippen molar-refractivity contribution in [1.29, 1.82) is 0 Å². The quantitative estimate of drug-likeness (QED) is 0.585. The molecule has 1 aromatic heterocycles. The van der Waals surface area contributed by atoms with E-state index < -0.39 is 0 Å². The average molecular weight is 165 g/mol. The standard InChI is InChI=1S/C9H11NS/c1-6-5-7(2)10-8-3-4-11-9(6)8/h5H,3-4H2,1-2H3. The molecule has 1 nitrogen and oxygen atoms in total. The number of hydrogen-bond acceptors (Lipinski definition) is 2. The molecule has 0 saturated heterocycles. The Morgan fingerprint density at radius 3 is 3.09 bits per heavy atom. The second kappa shape index (κ2) is 2.52. The smallest absolute Gasteiger partial charge is 0.0553 e. The van der Waals surface area contributed by atoms with Crippen molar-refractivity contribution in [2.24, 2.45) is 0 Å². The second-order valence-corrected chi connectivity index (χ2v) is 4.06. The lowest BCUT2D eigenvalue weighted by Crippen LogP contribution is -1.92. The van der Waals surface area contributed by atoms with E-state index in [1.54, 1.807) is 0 Å². The summed E-state index contributed by atoms with van der Waals surface area (Å²) in [5.74, 6) is 1.21. The lowest BCUT2D eigenvalue weighted by atomic mass is 10.2. The zero-order valence-corrected chi connectivity index (χ0v) is 7.66. The minimum Gasteiger partial charge on any atom is -0.257 e. The van der Waals surface area contributed by atoms with Gasteiger partial charge in [-0.3, -0.25) is 4.98 Å². The predicted octanol–water partition coefficient (Wildman–Crippen LogP) is 2.35. The Balaban J connectivity index is 2.60. The molecule has 2 heteroatoms. The van der Waals surface area contributed by atoms with Crippen molar-refractivity contribution in [3.05, 3.63) is 23.0 Å². The lowest BCUT2D eigenvalue weighted by Gasteiger charge is -2.02. The highest BCUT2D eigenvalue weighted by Gasteiger charge is 2.14. The molecule has 0 bridgehead atoms. The van der Waals surface area contributed by atoms with Crippen molar-refractivity contribution in [2.45, 2.75) is 25.2 Å². The summed E-state index contributed by atoms with van der Waals surface area (Å²) >= 11 is 1.94. The van der Waals surface area contributed by atoms with Crippen molar-refractivity contribution in [3.63, 3.8) is 0 Å². The first-order valence-corrected chi connectivity index (χ1v) is 4.86. The summed E-state index contributed by atoms with van der Waals surface area (Å²) < 4.78 is 0. The van der Waals surface area contributed by atoms with Crippen molar-refractivity contribution in [1.82, 2.24) is 4.98 Å². The molecule has 11 heavy (non-hydrogen) atoms. The molecule has 0 unspecified atom stereocenters.